The number of nitrogens with one attached hydrogen (secondary N) is 1. The quantitative estimate of drug-likeness (QED) is 0.917. The second kappa shape index (κ2) is 5.73. The van der Waals surface area contributed by atoms with E-state index in [0.29, 0.717) is 16.4 Å². The number of nitriles is 1. The van der Waals surface area contributed by atoms with E-state index in [4.69, 9.17) is 16.9 Å². The Balaban J connectivity index is 2.58. The summed E-state index contributed by atoms with van der Waals surface area (Å²) in [5, 5.41) is 12.9. The molecule has 0 spiro atoms. The van der Waals surface area contributed by atoms with Crippen molar-refractivity contribution >= 4 is 17.4 Å². The molecule has 0 unspecified atom stereocenters. The molecule has 0 aliphatic carbocycles. The minimum Gasteiger partial charge on any atom is -0.369 e. The van der Waals surface area contributed by atoms with Crippen LogP contribution in [0, 0.1) is 18.3 Å². The lowest BCUT2D eigenvalue weighted by atomic mass is 10.0. The fourth-order valence-electron chi connectivity index (χ4n) is 1.93. The molecule has 1 aromatic carbocycles. The monoisotopic (exact) mass is 271 g/mol. The van der Waals surface area contributed by atoms with Crippen LogP contribution in [0.1, 0.15) is 18.1 Å². The molecule has 0 atom stereocenters. The fraction of sp³-hybridized carbons (Fsp3) is 0.200. The smallest absolute Gasteiger partial charge is 0.144 e. The molecule has 1 aromatic heterocycles. The minimum atomic E-state index is 0.560. The molecule has 19 heavy (non-hydrogen) atoms. The van der Waals surface area contributed by atoms with Crippen molar-refractivity contribution in [2.75, 3.05) is 11.9 Å². The lowest BCUT2D eigenvalue weighted by Crippen LogP contribution is -2.04. The highest BCUT2D eigenvalue weighted by Crippen LogP contribution is 2.27. The maximum Gasteiger partial charge on any atom is 0.144 e. The molecule has 0 bridgehead atoms. The highest BCUT2D eigenvalue weighted by Gasteiger charge is 2.10. The first-order chi connectivity index (χ1) is 9.15. The van der Waals surface area contributed by atoms with Crippen molar-refractivity contribution in [3.63, 3.8) is 0 Å². The Morgan fingerprint density at radius 3 is 2.79 bits per heavy atom. The first-order valence-electron chi connectivity index (χ1n) is 6.07. The van der Waals surface area contributed by atoms with Crippen LogP contribution in [0.2, 0.25) is 5.02 Å². The van der Waals surface area contributed by atoms with Crippen LogP contribution in [-0.2, 0) is 0 Å². The van der Waals surface area contributed by atoms with Crippen molar-refractivity contribution in [3.8, 4) is 17.3 Å². The van der Waals surface area contributed by atoms with Crippen LogP contribution in [0.15, 0.2) is 30.3 Å². The van der Waals surface area contributed by atoms with Gasteiger partial charge >= 0.3 is 0 Å². The van der Waals surface area contributed by atoms with Gasteiger partial charge in [-0.15, -0.1) is 0 Å². The predicted molar refractivity (Wildman–Crippen MR) is 78.3 cm³/mol. The van der Waals surface area contributed by atoms with Gasteiger partial charge in [0.05, 0.1) is 11.3 Å². The Hall–Kier alpha value is -2.05. The van der Waals surface area contributed by atoms with E-state index >= 15 is 0 Å². The number of hydrogen-bond acceptors (Lipinski definition) is 3. The maximum absolute atomic E-state index is 9.12. The highest BCUT2D eigenvalue weighted by molar-refractivity contribution is 6.30. The van der Waals surface area contributed by atoms with Gasteiger partial charge in [-0.2, -0.15) is 5.26 Å². The number of anilines is 1. The molecule has 0 fully saturated rings. The van der Waals surface area contributed by atoms with Crippen LogP contribution >= 0.6 is 11.6 Å². The zero-order chi connectivity index (χ0) is 13.8. The summed E-state index contributed by atoms with van der Waals surface area (Å²) in [6, 6.07) is 11.6. The Morgan fingerprint density at radius 1 is 1.37 bits per heavy atom. The summed E-state index contributed by atoms with van der Waals surface area (Å²) in [5.74, 6) is 0.616. The molecule has 0 aliphatic heterocycles. The van der Waals surface area contributed by atoms with Gasteiger partial charge in [0.2, 0.25) is 0 Å². The van der Waals surface area contributed by atoms with Crippen molar-refractivity contribution in [3.05, 3.63) is 46.5 Å². The van der Waals surface area contributed by atoms with Crippen molar-refractivity contribution in [1.82, 2.24) is 4.98 Å². The van der Waals surface area contributed by atoms with E-state index in [1.165, 1.54) is 0 Å². The molecule has 0 saturated carbocycles. The van der Waals surface area contributed by atoms with Gasteiger partial charge in [0, 0.05) is 17.1 Å². The predicted octanol–water partition coefficient (Wildman–Crippen LogP) is 4.01. The summed E-state index contributed by atoms with van der Waals surface area (Å²) < 4.78 is 0. The molecule has 0 saturated heterocycles. The summed E-state index contributed by atoms with van der Waals surface area (Å²) in [7, 11) is 0. The minimum absolute atomic E-state index is 0.560. The lowest BCUT2D eigenvalue weighted by molar-refractivity contribution is 1.14. The SMILES string of the molecule is CCNc1nc(-c2cccc(Cl)c2)c(C)cc1C#N. The summed E-state index contributed by atoms with van der Waals surface area (Å²) >= 11 is 6.01. The third-order valence-electron chi connectivity index (χ3n) is 2.78. The number of pyridine rings is 1. The van der Waals surface area contributed by atoms with Crippen molar-refractivity contribution in [2.24, 2.45) is 0 Å². The highest BCUT2D eigenvalue weighted by atomic mass is 35.5. The van der Waals surface area contributed by atoms with E-state index in [1.807, 2.05) is 44.2 Å². The Bertz CT molecular complexity index is 644. The number of aryl methyl sites for hydroxylation is 1. The van der Waals surface area contributed by atoms with Gasteiger partial charge in [-0.1, -0.05) is 23.7 Å². The molecule has 3 nitrogen and oxygen atoms in total. The summed E-state index contributed by atoms with van der Waals surface area (Å²) in [6.07, 6.45) is 0. The van der Waals surface area contributed by atoms with Gasteiger partial charge in [0.25, 0.3) is 0 Å². The molecule has 2 rings (SSSR count). The van der Waals surface area contributed by atoms with Crippen LogP contribution in [-0.4, -0.2) is 11.5 Å². The molecule has 1 N–H and O–H groups in total. The number of hydrogen-bond donors (Lipinski definition) is 1. The summed E-state index contributed by atoms with van der Waals surface area (Å²) in [5.41, 5.74) is 3.32. The van der Waals surface area contributed by atoms with Crippen LogP contribution in [0.4, 0.5) is 5.82 Å². The van der Waals surface area contributed by atoms with Gasteiger partial charge in [-0.3, -0.25) is 0 Å². The average molecular weight is 272 g/mol. The Morgan fingerprint density at radius 2 is 2.16 bits per heavy atom. The number of nitrogens with zero attached hydrogens (tertiary/aromatic N) is 2. The molecular weight excluding hydrogens is 258 g/mol. The van der Waals surface area contributed by atoms with E-state index in [9.17, 15) is 0 Å². The van der Waals surface area contributed by atoms with Gasteiger partial charge in [-0.05, 0) is 37.6 Å². The zero-order valence-electron chi connectivity index (χ0n) is 10.9. The molecule has 1 heterocycles. The van der Waals surface area contributed by atoms with Crippen molar-refractivity contribution in [2.45, 2.75) is 13.8 Å². The molecule has 0 radical (unpaired) electrons. The maximum atomic E-state index is 9.12. The van der Waals surface area contributed by atoms with Crippen molar-refractivity contribution < 1.29 is 0 Å². The zero-order valence-corrected chi connectivity index (χ0v) is 11.6. The lowest BCUT2D eigenvalue weighted by Gasteiger charge is -2.11. The number of rotatable bonds is 3. The van der Waals surface area contributed by atoms with Crippen LogP contribution in [0.25, 0.3) is 11.3 Å². The van der Waals surface area contributed by atoms with Crippen LogP contribution in [0.5, 0.6) is 0 Å². The third-order valence-corrected chi connectivity index (χ3v) is 3.01. The van der Waals surface area contributed by atoms with E-state index in [2.05, 4.69) is 16.4 Å². The van der Waals surface area contributed by atoms with E-state index < -0.39 is 0 Å². The normalized spacial score (nSPS) is 10.0. The first-order valence-corrected chi connectivity index (χ1v) is 6.45. The molecular formula is C15H14ClN3. The standard InChI is InChI=1S/C15H14ClN3/c1-3-18-15-12(9-17)7-10(2)14(19-15)11-5-4-6-13(16)8-11/h4-8H,3H2,1-2H3,(H,18,19). The largest absolute Gasteiger partial charge is 0.369 e. The average Bonchev–Trinajstić information content (AvgIpc) is 2.40. The summed E-state index contributed by atoms with van der Waals surface area (Å²) in [6.45, 7) is 4.64. The number of benzene rings is 1. The number of halogens is 1. The van der Waals surface area contributed by atoms with Gasteiger partial charge in [0.1, 0.15) is 11.9 Å². The Labute approximate surface area is 117 Å². The second-order valence-electron chi connectivity index (χ2n) is 4.20. The van der Waals surface area contributed by atoms with Gasteiger partial charge in [0.15, 0.2) is 0 Å². The van der Waals surface area contributed by atoms with Crippen LogP contribution < -0.4 is 5.32 Å². The summed E-state index contributed by atoms with van der Waals surface area (Å²) in [4.78, 5) is 4.55. The molecule has 96 valence electrons. The first kappa shape index (κ1) is 13.4. The molecule has 2 aromatic rings. The van der Waals surface area contributed by atoms with E-state index in [0.717, 1.165) is 23.4 Å². The topological polar surface area (TPSA) is 48.7 Å². The fourth-order valence-corrected chi connectivity index (χ4v) is 2.12. The third kappa shape index (κ3) is 2.86. The van der Waals surface area contributed by atoms with E-state index in [1.54, 1.807) is 0 Å². The van der Waals surface area contributed by atoms with Gasteiger partial charge in [-0.25, -0.2) is 4.98 Å². The number of aromatic nitrogens is 1. The molecule has 0 aliphatic rings. The second-order valence-corrected chi connectivity index (χ2v) is 4.64. The molecule has 4 heteroatoms. The van der Waals surface area contributed by atoms with Crippen LogP contribution in [0.3, 0.4) is 0 Å². The van der Waals surface area contributed by atoms with Gasteiger partial charge < -0.3 is 5.32 Å². The van der Waals surface area contributed by atoms with Crippen molar-refractivity contribution in [1.29, 1.82) is 5.26 Å². The Kier molecular flexibility index (Phi) is 4.03. The van der Waals surface area contributed by atoms with E-state index in [-0.39, 0.29) is 0 Å². The molecule has 0 amide bonds.